The van der Waals surface area contributed by atoms with Gasteiger partial charge in [0.1, 0.15) is 17.1 Å². The Morgan fingerprint density at radius 2 is 1.93 bits per heavy atom. The van der Waals surface area contributed by atoms with Gasteiger partial charge in [0.15, 0.2) is 11.6 Å². The lowest BCUT2D eigenvalue weighted by molar-refractivity contribution is 0.103. The number of nitrogen functional groups attached to an aromatic ring is 1. The molecule has 1 aliphatic heterocycles. The zero-order chi connectivity index (χ0) is 21.8. The summed E-state index contributed by atoms with van der Waals surface area (Å²) in [6.07, 6.45) is 2.06. The monoisotopic (exact) mass is 421 g/mol. The molecule has 0 bridgehead atoms. The van der Waals surface area contributed by atoms with Crippen molar-refractivity contribution in [2.24, 2.45) is 0 Å². The number of hydrogen-bond donors (Lipinski definition) is 2. The molecule has 2 heterocycles. The van der Waals surface area contributed by atoms with E-state index in [1.54, 1.807) is 4.90 Å². The molecule has 1 fully saturated rings. The number of hydrogen-bond acceptors (Lipinski definition) is 8. The minimum Gasteiger partial charge on any atom is -0.496 e. The molecule has 2 aromatic rings. The second-order valence-electron chi connectivity index (χ2n) is 6.64. The lowest BCUT2D eigenvalue weighted by atomic mass is 10.0. The van der Waals surface area contributed by atoms with Crippen LogP contribution >= 0.6 is 0 Å². The molecule has 3 rings (SSSR count). The van der Waals surface area contributed by atoms with Crippen molar-refractivity contribution in [1.29, 1.82) is 0 Å². The Bertz CT molecular complexity index is 964. The number of methoxy groups -OCH3 is 2. The van der Waals surface area contributed by atoms with Crippen LogP contribution in [0, 0.1) is 11.6 Å². The summed E-state index contributed by atoms with van der Waals surface area (Å²) in [4.78, 5) is 34.0. The standard InChI is InChI=1S/C19H21F2N5O4/c1-29-13-4-3-12(20)15(21)14(13)16(27)11-9-23-18(25-17(11)22)24-10-5-7-26(8-6-10)19(28)30-2/h3-4,9-10H,5-8H2,1-2H3,(H3,22,23,24,25). The maximum absolute atomic E-state index is 14.2. The van der Waals surface area contributed by atoms with E-state index in [2.05, 4.69) is 15.3 Å². The molecule has 3 N–H and O–H groups in total. The molecule has 1 aromatic carbocycles. The summed E-state index contributed by atoms with van der Waals surface area (Å²) < 4.78 is 37.5. The van der Waals surface area contributed by atoms with Crippen molar-refractivity contribution in [3.05, 3.63) is 41.1 Å². The van der Waals surface area contributed by atoms with Crippen LogP contribution in [-0.2, 0) is 4.74 Å². The maximum atomic E-state index is 14.2. The molecule has 160 valence electrons. The Hall–Kier alpha value is -3.50. The van der Waals surface area contributed by atoms with Crippen LogP contribution < -0.4 is 15.8 Å². The lowest BCUT2D eigenvalue weighted by Gasteiger charge is -2.31. The average molecular weight is 421 g/mol. The van der Waals surface area contributed by atoms with E-state index in [1.807, 2.05) is 0 Å². The van der Waals surface area contributed by atoms with Crippen LogP contribution in [-0.4, -0.2) is 60.1 Å². The van der Waals surface area contributed by atoms with Crippen molar-refractivity contribution in [1.82, 2.24) is 14.9 Å². The van der Waals surface area contributed by atoms with Gasteiger partial charge in [-0.3, -0.25) is 4.79 Å². The van der Waals surface area contributed by atoms with Gasteiger partial charge < -0.3 is 25.4 Å². The number of carbonyl (C=O) groups excluding carboxylic acids is 2. The van der Waals surface area contributed by atoms with Gasteiger partial charge in [-0.25, -0.2) is 18.6 Å². The molecular weight excluding hydrogens is 400 g/mol. The summed E-state index contributed by atoms with van der Waals surface area (Å²) in [5.41, 5.74) is 5.13. The van der Waals surface area contributed by atoms with Crippen LogP contribution in [0.5, 0.6) is 5.75 Å². The molecule has 1 aromatic heterocycles. The molecule has 0 aliphatic carbocycles. The first-order valence-corrected chi connectivity index (χ1v) is 9.14. The largest absolute Gasteiger partial charge is 0.496 e. The van der Waals surface area contributed by atoms with E-state index < -0.39 is 23.0 Å². The second kappa shape index (κ2) is 8.89. The first-order chi connectivity index (χ1) is 14.3. The van der Waals surface area contributed by atoms with Crippen LogP contribution in [0.15, 0.2) is 18.3 Å². The zero-order valence-corrected chi connectivity index (χ0v) is 16.4. The van der Waals surface area contributed by atoms with E-state index in [-0.39, 0.29) is 35.2 Å². The van der Waals surface area contributed by atoms with Gasteiger partial charge in [-0.2, -0.15) is 4.98 Å². The number of ether oxygens (including phenoxy) is 2. The first-order valence-electron chi connectivity index (χ1n) is 9.14. The van der Waals surface area contributed by atoms with Gasteiger partial charge in [0.2, 0.25) is 11.7 Å². The van der Waals surface area contributed by atoms with Crippen molar-refractivity contribution < 1.29 is 27.8 Å². The van der Waals surface area contributed by atoms with Gasteiger partial charge in [0, 0.05) is 25.3 Å². The summed E-state index contributed by atoms with van der Waals surface area (Å²) in [7, 11) is 2.57. The molecule has 30 heavy (non-hydrogen) atoms. The highest BCUT2D eigenvalue weighted by molar-refractivity contribution is 6.13. The molecule has 0 saturated carbocycles. The Morgan fingerprint density at radius 3 is 2.53 bits per heavy atom. The molecule has 0 unspecified atom stereocenters. The third-order valence-corrected chi connectivity index (χ3v) is 4.83. The number of likely N-dealkylation sites (tertiary alicyclic amines) is 1. The number of piperidine rings is 1. The molecular formula is C19H21F2N5O4. The number of rotatable bonds is 5. The number of anilines is 2. The number of nitrogens with one attached hydrogen (secondary N) is 1. The number of benzene rings is 1. The van der Waals surface area contributed by atoms with E-state index in [1.165, 1.54) is 14.2 Å². The van der Waals surface area contributed by atoms with Crippen molar-refractivity contribution in [2.75, 3.05) is 38.4 Å². The van der Waals surface area contributed by atoms with E-state index in [0.717, 1.165) is 18.3 Å². The highest BCUT2D eigenvalue weighted by atomic mass is 19.2. The van der Waals surface area contributed by atoms with Crippen LogP contribution in [0.4, 0.5) is 25.3 Å². The fourth-order valence-corrected chi connectivity index (χ4v) is 3.21. The van der Waals surface area contributed by atoms with Crippen molar-refractivity contribution >= 4 is 23.6 Å². The van der Waals surface area contributed by atoms with Crippen LogP contribution in [0.25, 0.3) is 0 Å². The van der Waals surface area contributed by atoms with Gasteiger partial charge in [0.25, 0.3) is 0 Å². The molecule has 11 heteroatoms. The average Bonchev–Trinajstić information content (AvgIpc) is 2.75. The molecule has 0 spiro atoms. The predicted molar refractivity (Wildman–Crippen MR) is 103 cm³/mol. The third kappa shape index (κ3) is 4.24. The lowest BCUT2D eigenvalue weighted by Crippen LogP contribution is -2.42. The predicted octanol–water partition coefficient (Wildman–Crippen LogP) is 2.22. The number of carbonyl (C=O) groups is 2. The first kappa shape index (κ1) is 21.2. The number of aromatic nitrogens is 2. The van der Waals surface area contributed by atoms with E-state index in [4.69, 9.17) is 15.2 Å². The highest BCUT2D eigenvalue weighted by Crippen LogP contribution is 2.28. The van der Waals surface area contributed by atoms with Gasteiger partial charge in [-0.05, 0) is 25.0 Å². The van der Waals surface area contributed by atoms with Crippen molar-refractivity contribution in [2.45, 2.75) is 18.9 Å². The summed E-state index contributed by atoms with van der Waals surface area (Å²) in [6.45, 7) is 1.02. The van der Waals surface area contributed by atoms with Gasteiger partial charge >= 0.3 is 6.09 Å². The van der Waals surface area contributed by atoms with Crippen LogP contribution in [0.1, 0.15) is 28.8 Å². The fraction of sp³-hybridized carbons (Fsp3) is 0.368. The number of nitrogens with two attached hydrogens (primary N) is 1. The Balaban J connectivity index is 1.75. The molecule has 9 nitrogen and oxygen atoms in total. The van der Waals surface area contributed by atoms with Gasteiger partial charge in [0.05, 0.1) is 19.8 Å². The topological polar surface area (TPSA) is 120 Å². The van der Waals surface area contributed by atoms with Crippen molar-refractivity contribution in [3.63, 3.8) is 0 Å². The third-order valence-electron chi connectivity index (χ3n) is 4.83. The molecule has 1 aliphatic rings. The van der Waals surface area contributed by atoms with Crippen LogP contribution in [0.3, 0.4) is 0 Å². The molecule has 0 atom stereocenters. The van der Waals surface area contributed by atoms with Crippen molar-refractivity contribution in [3.8, 4) is 5.75 Å². The number of halogens is 2. The summed E-state index contributed by atoms with van der Waals surface area (Å²) in [6, 6.07) is 2.01. The Kier molecular flexibility index (Phi) is 6.28. The maximum Gasteiger partial charge on any atom is 0.409 e. The van der Waals surface area contributed by atoms with E-state index in [0.29, 0.717) is 25.9 Å². The second-order valence-corrected chi connectivity index (χ2v) is 6.64. The number of nitrogens with zero attached hydrogens (tertiary/aromatic N) is 3. The summed E-state index contributed by atoms with van der Waals surface area (Å²) >= 11 is 0. The summed E-state index contributed by atoms with van der Waals surface area (Å²) in [5, 5.41) is 3.10. The van der Waals surface area contributed by atoms with E-state index in [9.17, 15) is 18.4 Å². The Labute approximate surface area is 171 Å². The number of ketones is 1. The quantitative estimate of drug-likeness (QED) is 0.706. The van der Waals surface area contributed by atoms with Gasteiger partial charge in [-0.1, -0.05) is 0 Å². The molecule has 1 saturated heterocycles. The smallest absolute Gasteiger partial charge is 0.409 e. The molecule has 1 amide bonds. The van der Waals surface area contributed by atoms with Gasteiger partial charge in [-0.15, -0.1) is 0 Å². The normalized spacial score (nSPS) is 14.3. The fourth-order valence-electron chi connectivity index (χ4n) is 3.21. The minimum absolute atomic E-state index is 0.00684. The Morgan fingerprint density at radius 1 is 1.23 bits per heavy atom. The number of amides is 1. The van der Waals surface area contributed by atoms with E-state index >= 15 is 0 Å². The zero-order valence-electron chi connectivity index (χ0n) is 16.4. The minimum atomic E-state index is -1.33. The highest BCUT2D eigenvalue weighted by Gasteiger charge is 2.26. The summed E-state index contributed by atoms with van der Waals surface area (Å²) in [5.74, 6) is -3.53. The molecule has 0 radical (unpaired) electrons. The van der Waals surface area contributed by atoms with Crippen LogP contribution in [0.2, 0.25) is 0 Å². The SMILES string of the molecule is COC(=O)N1CCC(Nc2ncc(C(=O)c3c(OC)ccc(F)c3F)c(N)n2)CC1.